The number of alkyl halides is 3. The summed E-state index contributed by atoms with van der Waals surface area (Å²) in [4.78, 5) is 27.1. The number of hydrogen-bond acceptors (Lipinski definition) is 4. The molecule has 5 nitrogen and oxygen atoms in total. The van der Waals surface area contributed by atoms with Crippen molar-refractivity contribution in [3.05, 3.63) is 63.1 Å². The molecule has 1 amide bonds. The van der Waals surface area contributed by atoms with Crippen LogP contribution in [-0.2, 0) is 20.4 Å². The molecule has 0 saturated heterocycles. The summed E-state index contributed by atoms with van der Waals surface area (Å²) in [6.45, 7) is 3.62. The Hall–Kier alpha value is -2.45. The molecule has 0 unspecified atom stereocenters. The SMILES string of the molecule is CCOC(=O)N1c2ccc(C(F)(F)F)cc2[C@H]([C@@H](C(=O)OC)c2ccc(Cl)c(Cl)c2)C[C@H]1CC. The van der Waals surface area contributed by atoms with E-state index in [9.17, 15) is 22.8 Å². The maximum absolute atomic E-state index is 13.6. The van der Waals surface area contributed by atoms with Crippen molar-refractivity contribution in [1.29, 1.82) is 0 Å². The van der Waals surface area contributed by atoms with Gasteiger partial charge >= 0.3 is 18.2 Å². The highest BCUT2D eigenvalue weighted by atomic mass is 35.5. The van der Waals surface area contributed by atoms with Crippen LogP contribution >= 0.6 is 23.2 Å². The van der Waals surface area contributed by atoms with Crippen LogP contribution in [0.4, 0.5) is 23.7 Å². The van der Waals surface area contributed by atoms with Crippen LogP contribution in [-0.4, -0.2) is 31.8 Å². The fraction of sp³-hybridized carbons (Fsp3) is 0.417. The van der Waals surface area contributed by atoms with Crippen LogP contribution in [0, 0.1) is 0 Å². The van der Waals surface area contributed by atoms with Crippen LogP contribution in [0.2, 0.25) is 10.0 Å². The molecule has 1 heterocycles. The highest BCUT2D eigenvalue weighted by molar-refractivity contribution is 6.42. The molecular formula is C24H24Cl2F3NO4. The van der Waals surface area contributed by atoms with Gasteiger partial charge in [0, 0.05) is 12.0 Å². The Balaban J connectivity index is 2.25. The Morgan fingerprint density at radius 2 is 1.82 bits per heavy atom. The summed E-state index contributed by atoms with van der Waals surface area (Å²) in [5.41, 5.74) is 0.0411. The summed E-state index contributed by atoms with van der Waals surface area (Å²) in [6.07, 6.45) is -4.56. The normalized spacial score (nSPS) is 18.8. The van der Waals surface area contributed by atoms with E-state index in [-0.39, 0.29) is 34.3 Å². The minimum absolute atomic E-state index is 0.110. The molecule has 0 aliphatic carbocycles. The van der Waals surface area contributed by atoms with Gasteiger partial charge in [0.15, 0.2) is 0 Å². The zero-order chi connectivity index (χ0) is 25.2. The average Bonchev–Trinajstić information content (AvgIpc) is 2.79. The van der Waals surface area contributed by atoms with E-state index < -0.39 is 41.7 Å². The molecule has 0 bridgehead atoms. The van der Waals surface area contributed by atoms with Gasteiger partial charge in [-0.25, -0.2) is 4.79 Å². The summed E-state index contributed by atoms with van der Waals surface area (Å²) >= 11 is 12.2. The van der Waals surface area contributed by atoms with Gasteiger partial charge < -0.3 is 9.47 Å². The number of esters is 1. The van der Waals surface area contributed by atoms with Crippen molar-refractivity contribution < 1.29 is 32.2 Å². The van der Waals surface area contributed by atoms with Crippen LogP contribution in [0.1, 0.15) is 55.2 Å². The number of rotatable bonds is 5. The summed E-state index contributed by atoms with van der Waals surface area (Å²) in [7, 11) is 1.21. The summed E-state index contributed by atoms with van der Waals surface area (Å²) in [5.74, 6) is -2.33. The molecule has 34 heavy (non-hydrogen) atoms. The predicted octanol–water partition coefficient (Wildman–Crippen LogP) is 7.20. The van der Waals surface area contributed by atoms with Gasteiger partial charge in [-0.3, -0.25) is 9.69 Å². The Morgan fingerprint density at radius 1 is 1.12 bits per heavy atom. The van der Waals surface area contributed by atoms with Crippen molar-refractivity contribution in [3.8, 4) is 0 Å². The third kappa shape index (κ3) is 5.13. The molecular weight excluding hydrogens is 494 g/mol. The van der Waals surface area contributed by atoms with Gasteiger partial charge in [0.05, 0.1) is 40.9 Å². The number of carbonyl (C=O) groups is 2. The molecule has 184 valence electrons. The molecule has 10 heteroatoms. The van der Waals surface area contributed by atoms with Gasteiger partial charge in [-0.15, -0.1) is 0 Å². The molecule has 0 N–H and O–H groups in total. The molecule has 0 spiro atoms. The first-order valence-corrected chi connectivity index (χ1v) is 11.5. The van der Waals surface area contributed by atoms with Gasteiger partial charge in [0.25, 0.3) is 0 Å². The molecule has 1 aliphatic heterocycles. The first kappa shape index (κ1) is 26.2. The van der Waals surface area contributed by atoms with E-state index in [1.165, 1.54) is 30.2 Å². The zero-order valence-corrected chi connectivity index (χ0v) is 20.3. The molecule has 1 aliphatic rings. The first-order valence-electron chi connectivity index (χ1n) is 10.7. The maximum atomic E-state index is 13.6. The van der Waals surface area contributed by atoms with Crippen LogP contribution in [0.5, 0.6) is 0 Å². The highest BCUT2D eigenvalue weighted by Gasteiger charge is 2.44. The Labute approximate surface area is 205 Å². The second-order valence-electron chi connectivity index (χ2n) is 7.92. The fourth-order valence-corrected chi connectivity index (χ4v) is 4.75. The van der Waals surface area contributed by atoms with E-state index >= 15 is 0 Å². The molecule has 0 saturated carbocycles. The van der Waals surface area contributed by atoms with E-state index in [2.05, 4.69) is 0 Å². The monoisotopic (exact) mass is 517 g/mol. The fourth-order valence-electron chi connectivity index (χ4n) is 4.44. The minimum atomic E-state index is -4.61. The molecule has 3 atom stereocenters. The van der Waals surface area contributed by atoms with Crippen molar-refractivity contribution >= 4 is 41.0 Å². The smallest absolute Gasteiger partial charge is 0.416 e. The second-order valence-corrected chi connectivity index (χ2v) is 8.73. The number of halogens is 5. The number of carbonyl (C=O) groups excluding carboxylic acids is 2. The van der Waals surface area contributed by atoms with E-state index in [0.717, 1.165) is 12.1 Å². The lowest BCUT2D eigenvalue weighted by Gasteiger charge is -2.42. The van der Waals surface area contributed by atoms with Crippen LogP contribution in [0.3, 0.4) is 0 Å². The van der Waals surface area contributed by atoms with Gasteiger partial charge in [-0.1, -0.05) is 36.2 Å². The second kappa shape index (κ2) is 10.4. The van der Waals surface area contributed by atoms with E-state index in [0.29, 0.717) is 12.0 Å². The summed E-state index contributed by atoms with van der Waals surface area (Å²) in [6, 6.07) is 7.39. The average molecular weight is 518 g/mol. The Kier molecular flexibility index (Phi) is 8.03. The molecule has 0 radical (unpaired) electrons. The maximum Gasteiger partial charge on any atom is 0.416 e. The lowest BCUT2D eigenvalue weighted by molar-refractivity contribution is -0.143. The molecule has 3 rings (SSSR count). The van der Waals surface area contributed by atoms with Gasteiger partial charge in [-0.05, 0) is 61.2 Å². The summed E-state index contributed by atoms with van der Waals surface area (Å²) in [5, 5.41) is 0.477. The van der Waals surface area contributed by atoms with Crippen molar-refractivity contribution in [1.82, 2.24) is 0 Å². The first-order chi connectivity index (χ1) is 16.0. The number of amides is 1. The molecule has 2 aromatic carbocycles. The third-order valence-electron chi connectivity index (χ3n) is 6.00. The van der Waals surface area contributed by atoms with Gasteiger partial charge in [0.1, 0.15) is 0 Å². The van der Waals surface area contributed by atoms with Crippen LogP contribution in [0.15, 0.2) is 36.4 Å². The van der Waals surface area contributed by atoms with Crippen molar-refractivity contribution in [3.63, 3.8) is 0 Å². The lowest BCUT2D eigenvalue weighted by atomic mass is 9.74. The van der Waals surface area contributed by atoms with Crippen molar-refractivity contribution in [2.75, 3.05) is 18.6 Å². The quantitative estimate of drug-likeness (QED) is 0.393. The standard InChI is InChI=1S/C24H24Cl2F3NO4/c1-4-15-12-17(21(22(31)33-3)13-6-8-18(25)19(26)10-13)16-11-14(24(27,28)29)7-9-20(16)30(15)23(32)34-5-2/h6-11,15,17,21H,4-5,12H2,1-3H3/t15-,17-,21+/m1/s1. The molecule has 0 aromatic heterocycles. The van der Waals surface area contributed by atoms with Crippen LogP contribution < -0.4 is 4.90 Å². The Morgan fingerprint density at radius 3 is 2.38 bits per heavy atom. The highest BCUT2D eigenvalue weighted by Crippen LogP contribution is 2.49. The van der Waals surface area contributed by atoms with E-state index in [4.69, 9.17) is 32.7 Å². The van der Waals surface area contributed by atoms with E-state index in [1.54, 1.807) is 13.0 Å². The number of nitrogens with zero attached hydrogens (tertiary/aromatic N) is 1. The molecule has 2 aromatic rings. The minimum Gasteiger partial charge on any atom is -0.469 e. The number of anilines is 1. The number of hydrogen-bond donors (Lipinski definition) is 0. The van der Waals surface area contributed by atoms with Gasteiger partial charge in [-0.2, -0.15) is 13.2 Å². The zero-order valence-electron chi connectivity index (χ0n) is 18.8. The number of ether oxygens (including phenoxy) is 2. The lowest BCUT2D eigenvalue weighted by Crippen LogP contribution is -2.46. The summed E-state index contributed by atoms with van der Waals surface area (Å²) < 4.78 is 51.1. The third-order valence-corrected chi connectivity index (χ3v) is 6.74. The van der Waals surface area contributed by atoms with Crippen molar-refractivity contribution in [2.45, 2.75) is 50.7 Å². The number of fused-ring (bicyclic) bond motifs is 1. The predicted molar refractivity (Wildman–Crippen MR) is 124 cm³/mol. The molecule has 0 fully saturated rings. The topological polar surface area (TPSA) is 55.8 Å². The largest absolute Gasteiger partial charge is 0.469 e. The van der Waals surface area contributed by atoms with Gasteiger partial charge in [0.2, 0.25) is 0 Å². The van der Waals surface area contributed by atoms with E-state index in [1.807, 2.05) is 6.92 Å². The van der Waals surface area contributed by atoms with Crippen LogP contribution in [0.25, 0.3) is 0 Å². The Bertz CT molecular complexity index is 1080. The van der Waals surface area contributed by atoms with Crippen molar-refractivity contribution in [2.24, 2.45) is 0 Å². The number of benzene rings is 2. The number of methoxy groups -OCH3 is 1.